The van der Waals surface area contributed by atoms with Crippen LogP contribution in [0.5, 0.6) is 11.5 Å². The van der Waals surface area contributed by atoms with Crippen molar-refractivity contribution in [2.45, 2.75) is 45.3 Å². The largest absolute Gasteiger partial charge is 0.491 e. The Morgan fingerprint density at radius 3 is 2.61 bits per heavy atom. The van der Waals surface area contributed by atoms with E-state index in [2.05, 4.69) is 21.2 Å². The number of hydrazone groups is 1. The Kier molecular flexibility index (Phi) is 10.5. The Labute approximate surface area is 216 Å². The minimum absolute atomic E-state index is 0.108. The molecule has 2 amide bonds. The van der Waals surface area contributed by atoms with Crippen molar-refractivity contribution in [1.29, 1.82) is 0 Å². The molecule has 36 heavy (non-hydrogen) atoms. The predicted molar refractivity (Wildman–Crippen MR) is 139 cm³/mol. The quantitative estimate of drug-likeness (QED) is 0.324. The average Bonchev–Trinajstić information content (AvgIpc) is 2.86. The molecule has 1 atom stereocenters. The van der Waals surface area contributed by atoms with Crippen LogP contribution in [0.1, 0.15) is 37.8 Å². The van der Waals surface area contributed by atoms with E-state index in [4.69, 9.17) is 21.1 Å². The summed E-state index contributed by atoms with van der Waals surface area (Å²) < 4.78 is 11.2. The number of halogens is 1. The molecule has 0 radical (unpaired) electrons. The van der Waals surface area contributed by atoms with Crippen LogP contribution in [0.25, 0.3) is 0 Å². The molecule has 194 valence electrons. The second-order valence-electron chi connectivity index (χ2n) is 8.80. The van der Waals surface area contributed by atoms with Gasteiger partial charge in [0.2, 0.25) is 5.91 Å². The molecular weight excluding hydrogens is 484 g/mol. The van der Waals surface area contributed by atoms with E-state index in [1.54, 1.807) is 18.2 Å². The third-order valence-corrected chi connectivity index (χ3v) is 5.69. The van der Waals surface area contributed by atoms with Crippen LogP contribution in [0.15, 0.2) is 47.6 Å². The maximum absolute atomic E-state index is 12.2. The van der Waals surface area contributed by atoms with E-state index >= 15 is 0 Å². The molecule has 0 saturated carbocycles. The fourth-order valence-corrected chi connectivity index (χ4v) is 3.63. The van der Waals surface area contributed by atoms with Gasteiger partial charge < -0.3 is 25.2 Å². The molecule has 0 saturated heterocycles. The van der Waals surface area contributed by atoms with Crippen LogP contribution >= 0.6 is 11.6 Å². The summed E-state index contributed by atoms with van der Waals surface area (Å²) in [5.74, 6) is 0.724. The molecule has 1 unspecified atom stereocenters. The zero-order valence-electron chi connectivity index (χ0n) is 20.6. The highest BCUT2D eigenvalue weighted by Gasteiger charge is 2.15. The average molecular weight is 517 g/mol. The Hall–Kier alpha value is -3.14. The molecule has 10 heteroatoms. The van der Waals surface area contributed by atoms with Gasteiger partial charge >= 0.3 is 0 Å². The van der Waals surface area contributed by atoms with Crippen LogP contribution in [-0.2, 0) is 16.0 Å². The van der Waals surface area contributed by atoms with E-state index in [1.807, 2.05) is 38.1 Å². The molecule has 4 N–H and O–H groups in total. The van der Waals surface area contributed by atoms with Gasteiger partial charge in [-0.05, 0) is 47.9 Å². The lowest BCUT2D eigenvalue weighted by atomic mass is 10.0. The maximum Gasteiger partial charge on any atom is 0.257 e. The summed E-state index contributed by atoms with van der Waals surface area (Å²) in [5.41, 5.74) is 5.05. The highest BCUT2D eigenvalue weighted by Crippen LogP contribution is 2.26. The second-order valence-corrected chi connectivity index (χ2v) is 9.21. The predicted octanol–water partition coefficient (Wildman–Crippen LogP) is 2.43. The maximum atomic E-state index is 12.2. The topological polar surface area (TPSA) is 121 Å². The monoisotopic (exact) mass is 516 g/mol. The first-order chi connectivity index (χ1) is 17.3. The number of nitrogens with one attached hydrogen (secondary N) is 3. The molecule has 1 aliphatic heterocycles. The first-order valence-electron chi connectivity index (χ1n) is 12.0. The number of aliphatic hydroxyl groups excluding tert-OH is 1. The molecule has 2 aromatic carbocycles. The van der Waals surface area contributed by atoms with Gasteiger partial charge in [0.15, 0.2) is 6.61 Å². The fourth-order valence-electron chi connectivity index (χ4n) is 3.40. The van der Waals surface area contributed by atoms with Gasteiger partial charge in [-0.2, -0.15) is 5.10 Å². The highest BCUT2D eigenvalue weighted by atomic mass is 35.5. The summed E-state index contributed by atoms with van der Waals surface area (Å²) in [6, 6.07) is 13.1. The number of hydrogen-bond acceptors (Lipinski definition) is 7. The number of rotatable bonds is 13. The van der Waals surface area contributed by atoms with E-state index in [-0.39, 0.29) is 25.0 Å². The number of ether oxygens (including phenoxy) is 2. The molecule has 0 fully saturated rings. The van der Waals surface area contributed by atoms with Crippen LogP contribution in [0.3, 0.4) is 0 Å². The number of carbonyl (C=O) groups is 2. The zero-order valence-corrected chi connectivity index (χ0v) is 21.3. The van der Waals surface area contributed by atoms with Gasteiger partial charge in [0.05, 0.1) is 10.7 Å². The van der Waals surface area contributed by atoms with Gasteiger partial charge in [-0.15, -0.1) is 0 Å². The standard InChI is InChI=1S/C26H33ClN4O5/c1-17(2)29-14-20(32)15-35-21-6-3-18(4-7-21)11-12-28-26(34)16-36-24-9-5-19(13-22(24)27)23-8-10-25(33)31-30-23/h3-7,9,13,17,20,29,32H,8,10-12,14-16H2,1-2H3,(H,28,34)(H,31,33). The third kappa shape index (κ3) is 9.14. The molecule has 9 nitrogen and oxygen atoms in total. The Morgan fingerprint density at radius 2 is 1.94 bits per heavy atom. The van der Waals surface area contributed by atoms with Gasteiger partial charge in [0.25, 0.3) is 5.91 Å². The number of benzene rings is 2. The lowest BCUT2D eigenvalue weighted by molar-refractivity contribution is -0.123. The van der Waals surface area contributed by atoms with Crippen molar-refractivity contribution in [1.82, 2.24) is 16.1 Å². The Balaban J connectivity index is 1.35. The number of hydrogen-bond donors (Lipinski definition) is 4. The summed E-state index contributed by atoms with van der Waals surface area (Å²) in [4.78, 5) is 23.4. The minimum Gasteiger partial charge on any atom is -0.491 e. The molecule has 1 heterocycles. The van der Waals surface area contributed by atoms with Crippen LogP contribution < -0.4 is 25.5 Å². The van der Waals surface area contributed by atoms with Crippen molar-refractivity contribution in [2.24, 2.45) is 5.10 Å². The minimum atomic E-state index is -0.576. The molecule has 2 aromatic rings. The van der Waals surface area contributed by atoms with Crippen LogP contribution in [0.4, 0.5) is 0 Å². The second kappa shape index (κ2) is 13.8. The van der Waals surface area contributed by atoms with Gasteiger partial charge in [0.1, 0.15) is 24.2 Å². The van der Waals surface area contributed by atoms with Gasteiger partial charge in [-0.25, -0.2) is 5.43 Å². The van der Waals surface area contributed by atoms with Crippen LogP contribution in [0, 0.1) is 0 Å². The molecule has 0 aliphatic carbocycles. The van der Waals surface area contributed by atoms with Crippen molar-refractivity contribution in [3.8, 4) is 11.5 Å². The molecule has 0 bridgehead atoms. The van der Waals surface area contributed by atoms with E-state index in [1.165, 1.54) is 0 Å². The zero-order chi connectivity index (χ0) is 25.9. The first kappa shape index (κ1) is 27.4. The molecule has 0 aromatic heterocycles. The number of carbonyl (C=O) groups excluding carboxylic acids is 2. The van der Waals surface area contributed by atoms with Gasteiger partial charge in [0, 0.05) is 32.0 Å². The van der Waals surface area contributed by atoms with Crippen LogP contribution in [-0.4, -0.2) is 61.1 Å². The van der Waals surface area contributed by atoms with E-state index in [0.29, 0.717) is 54.9 Å². The van der Waals surface area contributed by atoms with Gasteiger partial charge in [-0.1, -0.05) is 37.6 Å². The number of nitrogens with zero attached hydrogens (tertiary/aromatic N) is 1. The van der Waals surface area contributed by atoms with E-state index in [0.717, 1.165) is 16.8 Å². The summed E-state index contributed by atoms with van der Waals surface area (Å²) >= 11 is 6.30. The van der Waals surface area contributed by atoms with Crippen molar-refractivity contribution >= 4 is 29.1 Å². The summed E-state index contributed by atoms with van der Waals surface area (Å²) in [7, 11) is 0. The fraction of sp³-hybridized carbons (Fsp3) is 0.423. The Morgan fingerprint density at radius 1 is 1.17 bits per heavy atom. The van der Waals surface area contributed by atoms with Crippen LogP contribution in [0.2, 0.25) is 5.02 Å². The third-order valence-electron chi connectivity index (χ3n) is 5.39. The van der Waals surface area contributed by atoms with Crippen molar-refractivity contribution in [3.63, 3.8) is 0 Å². The summed E-state index contributed by atoms with van der Waals surface area (Å²) in [5, 5.41) is 20.3. The lowest BCUT2D eigenvalue weighted by Crippen LogP contribution is -2.35. The molecule has 0 spiro atoms. The Bertz CT molecular complexity index is 1060. The summed E-state index contributed by atoms with van der Waals surface area (Å²) in [6.07, 6.45) is 1.00. The summed E-state index contributed by atoms with van der Waals surface area (Å²) in [6.45, 7) is 5.04. The van der Waals surface area contributed by atoms with Crippen molar-refractivity contribution in [2.75, 3.05) is 26.3 Å². The number of amides is 2. The lowest BCUT2D eigenvalue weighted by Gasteiger charge is -2.15. The van der Waals surface area contributed by atoms with Gasteiger partial charge in [-0.3, -0.25) is 9.59 Å². The van der Waals surface area contributed by atoms with E-state index < -0.39 is 6.10 Å². The molecular formula is C26H33ClN4O5. The van der Waals surface area contributed by atoms with E-state index in [9.17, 15) is 14.7 Å². The molecule has 3 rings (SSSR count). The number of aliphatic hydroxyl groups is 1. The van der Waals surface area contributed by atoms with Crippen molar-refractivity contribution in [3.05, 3.63) is 58.6 Å². The smallest absolute Gasteiger partial charge is 0.257 e. The SMILES string of the molecule is CC(C)NCC(O)COc1ccc(CCNC(=O)COc2ccc(C3=NNC(=O)CC3)cc2Cl)cc1. The van der Waals surface area contributed by atoms with Crippen molar-refractivity contribution < 1.29 is 24.2 Å². The normalized spacial score (nSPS) is 14.1. The molecule has 1 aliphatic rings. The first-order valence-corrected chi connectivity index (χ1v) is 12.4. The highest BCUT2D eigenvalue weighted by molar-refractivity contribution is 6.32.